The average molecular weight is 1010 g/mol. The number of Topliss-reactive ketones (excluding diaryl/α,β-unsaturated/α-hetero) is 1. The van der Waals surface area contributed by atoms with E-state index in [9.17, 15) is 43.7 Å². The molecule has 0 fully saturated rings. The van der Waals surface area contributed by atoms with E-state index in [2.05, 4.69) is 79.4 Å². The Bertz CT molecular complexity index is 2930. The van der Waals surface area contributed by atoms with Crippen LogP contribution in [0.1, 0.15) is 123 Å². The Kier molecular flexibility index (Phi) is 16.8. The Labute approximate surface area is 408 Å². The maximum absolute atomic E-state index is 12.1. The molecule has 0 unspecified atom stereocenters. The molecule has 3 aromatic carbocycles. The Balaban J connectivity index is 1.36. The molecule has 0 aromatic heterocycles. The molecular formula is C51H67ClN3O10S3+. The van der Waals surface area contributed by atoms with Gasteiger partial charge in [-0.05, 0) is 130 Å². The highest BCUT2D eigenvalue weighted by Gasteiger charge is 2.45. The molecule has 0 atom stereocenters. The summed E-state index contributed by atoms with van der Waals surface area (Å²) in [4.78, 5) is 16.0. The molecule has 6 rings (SSSR count). The number of rotatable bonds is 22. The molecule has 3 aromatic rings. The minimum Gasteiger partial charge on any atom is -0.371 e. The number of anilines is 2. The van der Waals surface area contributed by atoms with Crippen LogP contribution in [0.2, 0.25) is 0 Å². The Hall–Kier alpha value is -4.16. The summed E-state index contributed by atoms with van der Waals surface area (Å²) in [5, 5.41) is 2.25. The average Bonchev–Trinajstić information content (AvgIpc) is 3.59. The number of carbonyl (C=O) groups excluding carboxylic acids is 1. The molecule has 2 heterocycles. The maximum Gasteiger partial charge on any atom is 0.294 e. The van der Waals surface area contributed by atoms with Gasteiger partial charge in [-0.2, -0.15) is 29.8 Å². The maximum atomic E-state index is 12.1. The van der Waals surface area contributed by atoms with Crippen molar-refractivity contribution in [1.82, 2.24) is 0 Å². The first kappa shape index (κ1) is 53.2. The van der Waals surface area contributed by atoms with Crippen LogP contribution in [0.4, 0.5) is 17.1 Å². The van der Waals surface area contributed by atoms with E-state index in [0.29, 0.717) is 43.0 Å². The number of fused-ring (bicyclic) bond motifs is 4. The van der Waals surface area contributed by atoms with Crippen LogP contribution in [0.5, 0.6) is 0 Å². The fourth-order valence-corrected chi connectivity index (χ4v) is 11.8. The van der Waals surface area contributed by atoms with Crippen LogP contribution in [-0.4, -0.2) is 92.7 Å². The predicted octanol–water partition coefficient (Wildman–Crippen LogP) is 10.6. The number of halogens is 1. The van der Waals surface area contributed by atoms with E-state index in [-0.39, 0.29) is 29.3 Å². The smallest absolute Gasteiger partial charge is 0.294 e. The van der Waals surface area contributed by atoms with Gasteiger partial charge >= 0.3 is 0 Å². The van der Waals surface area contributed by atoms with E-state index >= 15 is 0 Å². The summed E-state index contributed by atoms with van der Waals surface area (Å²) in [5.74, 6) is -0.553. The molecule has 17 heteroatoms. The zero-order valence-corrected chi connectivity index (χ0v) is 43.3. The topological polar surface area (TPSA) is 190 Å². The SMILES string of the molecule is CCCCN(CCCS(=O)(=O)O)c1ccc2c(c1)C(C)(C)C(/C=C/C1=C(Cl)C(=C/C=C3/N(CCCCCC(C)=O)c4ccc5cc(S(=O)(=O)O)ccc5c4C3(C)C)/CCC1)=[N+]2CCCS(=O)(=O)O. The molecule has 0 saturated heterocycles. The number of nitrogens with zero attached hydrogens (tertiary/aromatic N) is 3. The van der Waals surface area contributed by atoms with Crippen molar-refractivity contribution in [3.05, 3.63) is 106 Å². The Morgan fingerprint density at radius 2 is 1.51 bits per heavy atom. The van der Waals surface area contributed by atoms with Crippen molar-refractivity contribution in [3.8, 4) is 0 Å². The van der Waals surface area contributed by atoms with Crippen molar-refractivity contribution in [2.24, 2.45) is 0 Å². The largest absolute Gasteiger partial charge is 0.371 e. The van der Waals surface area contributed by atoms with Crippen LogP contribution < -0.4 is 9.80 Å². The third kappa shape index (κ3) is 12.6. The van der Waals surface area contributed by atoms with Crippen molar-refractivity contribution >= 4 is 81.3 Å². The molecule has 370 valence electrons. The standard InChI is InChI=1S/C51H66ClN3O10S3/c1-7-8-28-53(29-13-32-66(57,58)59)40-21-25-44-43(35-40)50(3,4)46(54(44)31-14-33-67(60,61)62)26-19-37-16-12-17-38(49(37)52)20-27-47-51(5,6)48-42-23-22-41(68(63,64)65)34-39(42)18-24-45(48)55(47)30-11-9-10-15-36(2)56/h18-27,34-35H,7-17,28-33H2,1-6H3,(H2-,57,58,59,60,61,62,63,64,65)/p+1. The van der Waals surface area contributed by atoms with Gasteiger partial charge in [-0.3, -0.25) is 13.7 Å². The molecule has 3 N–H and O–H groups in total. The van der Waals surface area contributed by atoms with Gasteiger partial charge in [0.05, 0.1) is 21.8 Å². The second-order valence-corrected chi connectivity index (χ2v) is 24.3. The van der Waals surface area contributed by atoms with Gasteiger partial charge in [-0.1, -0.05) is 69.5 Å². The fraction of sp³-hybridized carbons (Fsp3) is 0.490. The van der Waals surface area contributed by atoms with Crippen molar-refractivity contribution in [3.63, 3.8) is 0 Å². The molecule has 1 aliphatic carbocycles. The molecular weight excluding hydrogens is 946 g/mol. The van der Waals surface area contributed by atoms with E-state index in [1.54, 1.807) is 13.0 Å². The van der Waals surface area contributed by atoms with Crippen molar-refractivity contribution in [2.45, 2.75) is 128 Å². The number of carbonyl (C=O) groups is 1. The minimum absolute atomic E-state index is 0.163. The lowest BCUT2D eigenvalue weighted by atomic mass is 9.80. The number of allylic oxidation sites excluding steroid dienone is 8. The summed E-state index contributed by atoms with van der Waals surface area (Å²) in [6.45, 7) is 14.4. The first-order valence-corrected chi connectivity index (χ1v) is 28.6. The lowest BCUT2D eigenvalue weighted by Gasteiger charge is -2.27. The van der Waals surface area contributed by atoms with Gasteiger partial charge in [0.1, 0.15) is 12.3 Å². The predicted molar refractivity (Wildman–Crippen MR) is 274 cm³/mol. The summed E-state index contributed by atoms with van der Waals surface area (Å²) < 4.78 is 102. The van der Waals surface area contributed by atoms with Crippen molar-refractivity contribution in [2.75, 3.05) is 47.5 Å². The van der Waals surface area contributed by atoms with E-state index in [1.807, 2.05) is 24.3 Å². The van der Waals surface area contributed by atoms with Crippen LogP contribution in [-0.2, 0) is 46.0 Å². The molecule has 68 heavy (non-hydrogen) atoms. The van der Waals surface area contributed by atoms with Crippen LogP contribution in [0.25, 0.3) is 10.8 Å². The number of hydrogen-bond donors (Lipinski definition) is 3. The molecule has 0 radical (unpaired) electrons. The summed E-state index contributed by atoms with van der Waals surface area (Å²) in [5.41, 5.74) is 7.79. The lowest BCUT2D eigenvalue weighted by Crippen LogP contribution is -2.29. The minimum atomic E-state index is -4.39. The van der Waals surface area contributed by atoms with Crippen molar-refractivity contribution in [1.29, 1.82) is 0 Å². The second-order valence-electron chi connectivity index (χ2n) is 19.4. The number of benzene rings is 3. The molecule has 2 aliphatic heterocycles. The molecule has 13 nitrogen and oxygen atoms in total. The van der Waals surface area contributed by atoms with Gasteiger partial charge < -0.3 is 14.6 Å². The third-order valence-electron chi connectivity index (χ3n) is 13.5. The second kappa shape index (κ2) is 21.5. The van der Waals surface area contributed by atoms with Crippen LogP contribution in [0.15, 0.2) is 99.6 Å². The molecule has 0 amide bonds. The highest BCUT2D eigenvalue weighted by atomic mass is 35.5. The third-order valence-corrected chi connectivity index (χ3v) is 16.4. The van der Waals surface area contributed by atoms with Gasteiger partial charge in [0, 0.05) is 77.7 Å². The molecule has 0 saturated carbocycles. The van der Waals surface area contributed by atoms with E-state index in [0.717, 1.165) is 107 Å². The number of unbranched alkanes of at least 4 members (excludes halogenated alkanes) is 3. The van der Waals surface area contributed by atoms with Gasteiger partial charge in [0.2, 0.25) is 5.69 Å². The highest BCUT2D eigenvalue weighted by Crippen LogP contribution is 2.51. The van der Waals surface area contributed by atoms with Crippen molar-refractivity contribution < 1.29 is 48.3 Å². The summed E-state index contributed by atoms with van der Waals surface area (Å²) in [6.07, 6.45) is 16.1. The summed E-state index contributed by atoms with van der Waals surface area (Å²) >= 11 is 7.33. The zero-order valence-electron chi connectivity index (χ0n) is 40.1. The van der Waals surface area contributed by atoms with E-state index < -0.39 is 46.9 Å². The van der Waals surface area contributed by atoms with Gasteiger partial charge in [-0.25, -0.2) is 0 Å². The first-order valence-electron chi connectivity index (χ1n) is 23.6. The van der Waals surface area contributed by atoms with E-state index in [4.69, 9.17) is 11.6 Å². The Morgan fingerprint density at radius 1 is 0.809 bits per heavy atom. The van der Waals surface area contributed by atoms with Gasteiger partial charge in [0.15, 0.2) is 5.71 Å². The molecule has 0 bridgehead atoms. The highest BCUT2D eigenvalue weighted by molar-refractivity contribution is 7.86. The quantitative estimate of drug-likeness (QED) is 0.0491. The fourth-order valence-electron chi connectivity index (χ4n) is 10.0. The summed E-state index contributed by atoms with van der Waals surface area (Å²) in [6, 6.07) is 14.7. The first-order chi connectivity index (χ1) is 31.8. The van der Waals surface area contributed by atoms with Crippen LogP contribution >= 0.6 is 11.6 Å². The zero-order chi connectivity index (χ0) is 49.8. The number of ketones is 1. The van der Waals surface area contributed by atoms with E-state index in [1.165, 1.54) is 12.1 Å². The molecule has 0 spiro atoms. The van der Waals surface area contributed by atoms with Crippen LogP contribution in [0.3, 0.4) is 0 Å². The summed E-state index contributed by atoms with van der Waals surface area (Å²) in [7, 11) is -12.7. The monoisotopic (exact) mass is 1010 g/mol. The molecule has 3 aliphatic rings. The normalized spacial score (nSPS) is 18.4. The Morgan fingerprint density at radius 3 is 2.19 bits per heavy atom. The van der Waals surface area contributed by atoms with Crippen LogP contribution in [0, 0.1) is 0 Å². The lowest BCUT2D eigenvalue weighted by molar-refractivity contribution is -0.437. The van der Waals surface area contributed by atoms with Gasteiger partial charge in [-0.15, -0.1) is 0 Å². The number of hydrogen-bond acceptors (Lipinski definition) is 9. The van der Waals surface area contributed by atoms with Gasteiger partial charge in [0.25, 0.3) is 30.4 Å².